The van der Waals surface area contributed by atoms with Gasteiger partial charge in [0.25, 0.3) is 17.7 Å². The van der Waals surface area contributed by atoms with Crippen LogP contribution in [0.25, 0.3) is 11.1 Å². The van der Waals surface area contributed by atoms with Gasteiger partial charge in [0.2, 0.25) is 0 Å². The van der Waals surface area contributed by atoms with Gasteiger partial charge >= 0.3 is 6.15 Å². The lowest BCUT2D eigenvalue weighted by Gasteiger charge is -2.45. The molecule has 0 radical (unpaired) electrons. The number of amides is 3. The van der Waals surface area contributed by atoms with Gasteiger partial charge in [-0.2, -0.15) is 9.59 Å². The number of methoxy groups -OCH3 is 2. The second-order valence-corrected chi connectivity index (χ2v) is 18.5. The van der Waals surface area contributed by atoms with Crippen molar-refractivity contribution in [3.8, 4) is 0 Å². The van der Waals surface area contributed by atoms with Crippen molar-refractivity contribution in [2.24, 2.45) is 10.8 Å². The Morgan fingerprint density at radius 1 is 0.820 bits per heavy atom. The van der Waals surface area contributed by atoms with Crippen LogP contribution in [0.1, 0.15) is 88.0 Å². The van der Waals surface area contributed by atoms with Crippen molar-refractivity contribution in [3.05, 3.63) is 107 Å². The van der Waals surface area contributed by atoms with Crippen molar-refractivity contribution in [1.29, 1.82) is 0 Å². The van der Waals surface area contributed by atoms with Crippen LogP contribution in [-0.2, 0) is 41.5 Å². The molecule has 2 heterocycles. The highest BCUT2D eigenvalue weighted by atomic mass is 32.2. The Morgan fingerprint density at radius 3 is 1.74 bits per heavy atom. The molecule has 3 amide bonds. The zero-order valence-electron chi connectivity index (χ0n) is 35.3. The molecule has 2 aliphatic heterocycles. The molecule has 4 aliphatic rings. The predicted octanol–water partition coefficient (Wildman–Crippen LogP) is 7.70. The molecule has 2 N–H and O–H groups in total. The van der Waals surface area contributed by atoms with Crippen LogP contribution in [-0.4, -0.2) is 115 Å². The summed E-state index contributed by atoms with van der Waals surface area (Å²) in [5.41, 5.74) is 9.10. The van der Waals surface area contributed by atoms with E-state index in [4.69, 9.17) is 24.2 Å². The fourth-order valence-electron chi connectivity index (χ4n) is 8.52. The highest BCUT2D eigenvalue weighted by Crippen LogP contribution is 2.50. The van der Waals surface area contributed by atoms with E-state index in [1.807, 2.05) is 34.1 Å². The second kappa shape index (κ2) is 24.4. The van der Waals surface area contributed by atoms with Gasteiger partial charge in [0.15, 0.2) is 0 Å². The first-order chi connectivity index (χ1) is 28.2. The standard InChI is InChI=1S/C24H32N2O4S.C21H27NO2S.CO2.2CH4/c1-5-9-26-20(31-12-11-30-4)14-19-18-7-6-16(22(28)25-8-10-27)13-17(18)15-24(2,3)21(19)23(26)29;1-5-10-22-18(25-12-11-24-4)13-17-16-9-7-6-8-15(16)14-21(2,3)19(17)20(22)23;2-1-3;;/h5-7,13,20,27H,1,8-12,14-15H2,2-4H3,(H,25,28);5-9,18H,1,10-14H2,2-4H3;;2*1H4. The fraction of sp³-hybridized carbons (Fsp3) is 0.500. The van der Waals surface area contributed by atoms with E-state index in [9.17, 15) is 14.4 Å². The van der Waals surface area contributed by atoms with Crippen LogP contribution in [0.15, 0.2) is 78.9 Å². The van der Waals surface area contributed by atoms with Gasteiger partial charge in [-0.1, -0.05) is 85.0 Å². The Labute approximate surface area is 372 Å². The van der Waals surface area contributed by atoms with E-state index >= 15 is 0 Å². The van der Waals surface area contributed by atoms with Gasteiger partial charge in [-0.25, -0.2) is 0 Å². The van der Waals surface area contributed by atoms with Crippen LogP contribution in [0.3, 0.4) is 0 Å². The van der Waals surface area contributed by atoms with Crippen LogP contribution in [0.4, 0.5) is 0 Å². The zero-order chi connectivity index (χ0) is 43.3. The van der Waals surface area contributed by atoms with E-state index < -0.39 is 0 Å². The number of aliphatic hydroxyl groups excluding tert-OH is 1. The molecule has 0 spiro atoms. The van der Waals surface area contributed by atoms with Crippen molar-refractivity contribution in [1.82, 2.24) is 15.1 Å². The van der Waals surface area contributed by atoms with Crippen LogP contribution in [0.2, 0.25) is 0 Å². The van der Waals surface area contributed by atoms with E-state index in [2.05, 4.69) is 70.4 Å². The highest BCUT2D eigenvalue weighted by Gasteiger charge is 2.45. The Kier molecular flexibility index (Phi) is 21.2. The molecule has 0 aromatic heterocycles. The number of ether oxygens (including phenoxy) is 2. The molecule has 0 saturated carbocycles. The van der Waals surface area contributed by atoms with Crippen molar-refractivity contribution >= 4 is 58.5 Å². The number of carbonyl (C=O) groups is 3. The average Bonchev–Trinajstić information content (AvgIpc) is 3.19. The normalized spacial score (nSPS) is 19.1. The van der Waals surface area contributed by atoms with E-state index in [1.54, 1.807) is 43.8 Å². The summed E-state index contributed by atoms with van der Waals surface area (Å²) in [7, 11) is 3.40. The van der Waals surface area contributed by atoms with Gasteiger partial charge in [-0.15, -0.1) is 36.7 Å². The van der Waals surface area contributed by atoms with E-state index in [1.165, 1.54) is 16.7 Å². The van der Waals surface area contributed by atoms with Gasteiger partial charge in [0.1, 0.15) is 0 Å². The molecule has 2 atom stereocenters. The molecule has 2 unspecified atom stereocenters. The molecule has 0 fully saturated rings. The summed E-state index contributed by atoms with van der Waals surface area (Å²) < 4.78 is 10.4. The molecule has 0 saturated heterocycles. The monoisotopic (exact) mass is 877 g/mol. The maximum absolute atomic E-state index is 13.6. The SMILES string of the molecule is C.C.C=CCN1C(=O)C2=C(CC1SCCOC)c1ccc(C(=O)NCCO)cc1CC2(C)C.C=CCN1C(=O)C2=C(CC1SCCOC)c1ccccc1CC2(C)C.O=C=O. The lowest BCUT2D eigenvalue weighted by Crippen LogP contribution is -2.47. The summed E-state index contributed by atoms with van der Waals surface area (Å²) in [6.07, 6.45) is 7.12. The molecule has 2 aromatic rings. The molecule has 0 bridgehead atoms. The lowest BCUT2D eigenvalue weighted by atomic mass is 9.67. The predicted molar refractivity (Wildman–Crippen MR) is 249 cm³/mol. The maximum atomic E-state index is 13.6. The number of aliphatic hydroxyl groups is 1. The summed E-state index contributed by atoms with van der Waals surface area (Å²) in [6, 6.07) is 14.3. The Morgan fingerprint density at radius 2 is 1.28 bits per heavy atom. The van der Waals surface area contributed by atoms with Gasteiger partial charge in [0.05, 0.1) is 30.6 Å². The third-order valence-electron chi connectivity index (χ3n) is 10.9. The first kappa shape index (κ1) is 52.9. The summed E-state index contributed by atoms with van der Waals surface area (Å²) in [5, 5.41) is 11.8. The minimum absolute atomic E-state index is 0. The van der Waals surface area contributed by atoms with Crippen LogP contribution in [0.5, 0.6) is 0 Å². The molecule has 2 aliphatic carbocycles. The molecular weight excluding hydrogens is 811 g/mol. The number of fused-ring (bicyclic) bond motifs is 4. The van der Waals surface area contributed by atoms with Crippen LogP contribution < -0.4 is 5.32 Å². The average molecular weight is 878 g/mol. The summed E-state index contributed by atoms with van der Waals surface area (Å²) in [4.78, 5) is 59.5. The Balaban J connectivity index is 0.000000389. The van der Waals surface area contributed by atoms with Gasteiger partial charge in [-0.05, 0) is 69.2 Å². The topological polar surface area (TPSA) is 143 Å². The third-order valence-corrected chi connectivity index (χ3v) is 13.3. The number of carbonyl (C=O) groups excluding carboxylic acids is 5. The van der Waals surface area contributed by atoms with Crippen molar-refractivity contribution in [2.45, 2.75) is 79.0 Å². The Bertz CT molecular complexity index is 1970. The van der Waals surface area contributed by atoms with Gasteiger partial charge < -0.3 is 29.7 Å². The molecule has 61 heavy (non-hydrogen) atoms. The number of thioether (sulfide) groups is 2. The molecular formula is C48H67N3O8S2. The quantitative estimate of drug-likeness (QED) is 0.135. The minimum Gasteiger partial charge on any atom is -0.395 e. The number of benzene rings is 2. The van der Waals surface area contributed by atoms with Gasteiger partial charge in [-0.3, -0.25) is 14.4 Å². The maximum Gasteiger partial charge on any atom is 0.373 e. The smallest absolute Gasteiger partial charge is 0.373 e. The summed E-state index contributed by atoms with van der Waals surface area (Å²) >= 11 is 3.53. The molecule has 334 valence electrons. The molecule has 13 heteroatoms. The van der Waals surface area contributed by atoms with E-state index in [0.29, 0.717) is 38.3 Å². The lowest BCUT2D eigenvalue weighted by molar-refractivity contribution is -0.191. The first-order valence-corrected chi connectivity index (χ1v) is 22.0. The van der Waals surface area contributed by atoms with Crippen LogP contribution >= 0.6 is 23.5 Å². The number of nitrogens with one attached hydrogen (secondary N) is 1. The first-order valence-electron chi connectivity index (χ1n) is 19.9. The Hall–Kier alpha value is -4.23. The largest absolute Gasteiger partial charge is 0.395 e. The second-order valence-electron chi connectivity index (χ2n) is 16.0. The van der Waals surface area contributed by atoms with Crippen molar-refractivity contribution in [3.63, 3.8) is 0 Å². The minimum atomic E-state index is -0.332. The zero-order valence-corrected chi connectivity index (χ0v) is 36.9. The van der Waals surface area contributed by atoms with E-state index in [0.717, 1.165) is 58.6 Å². The number of hydrogen-bond acceptors (Lipinski definition) is 10. The fourth-order valence-corrected chi connectivity index (χ4v) is 10.9. The summed E-state index contributed by atoms with van der Waals surface area (Å²) in [5.74, 6) is 1.76. The molecule has 11 nitrogen and oxygen atoms in total. The number of rotatable bonds is 15. The van der Waals surface area contributed by atoms with Crippen LogP contribution in [0, 0.1) is 10.8 Å². The van der Waals surface area contributed by atoms with Crippen molar-refractivity contribution in [2.75, 3.05) is 65.2 Å². The molecule has 6 rings (SSSR count). The number of hydrogen-bond donors (Lipinski definition) is 2. The number of nitrogens with zero attached hydrogens (tertiary/aromatic N) is 2. The van der Waals surface area contributed by atoms with Gasteiger partial charge in [0, 0.05) is 74.9 Å². The van der Waals surface area contributed by atoms with Crippen molar-refractivity contribution < 1.29 is 38.6 Å². The summed E-state index contributed by atoms with van der Waals surface area (Å²) in [6.45, 7) is 18.9. The highest BCUT2D eigenvalue weighted by molar-refractivity contribution is 8.00. The molecule has 2 aromatic carbocycles. The van der Waals surface area contributed by atoms with E-state index in [-0.39, 0.29) is 73.5 Å². The third kappa shape index (κ3) is 12.5.